The molecule has 0 aliphatic carbocycles. The van der Waals surface area contributed by atoms with Crippen molar-refractivity contribution in [1.82, 2.24) is 15.0 Å². The molecule has 2 rings (SSSR count). The lowest BCUT2D eigenvalue weighted by Crippen LogP contribution is -2.19. The maximum absolute atomic E-state index is 5.61. The van der Waals surface area contributed by atoms with Gasteiger partial charge in [-0.3, -0.25) is 0 Å². The van der Waals surface area contributed by atoms with Gasteiger partial charge in [-0.25, -0.2) is 0 Å². The number of thiophene rings is 1. The summed E-state index contributed by atoms with van der Waals surface area (Å²) in [5.41, 5.74) is 6.98. The number of nitrogen functional groups attached to an aromatic ring is 1. The second-order valence-corrected chi connectivity index (χ2v) is 5.68. The van der Waals surface area contributed by atoms with Gasteiger partial charge in [-0.05, 0) is 50.6 Å². The predicted molar refractivity (Wildman–Crippen MR) is 79.4 cm³/mol. The minimum absolute atomic E-state index is 0.260. The third kappa shape index (κ3) is 3.89. The maximum Gasteiger partial charge on any atom is 0.227 e. The molecule has 1 atom stereocenters. The molecule has 0 aromatic carbocycles. The van der Waals surface area contributed by atoms with Gasteiger partial charge in [0, 0.05) is 10.9 Å². The highest BCUT2D eigenvalue weighted by molar-refractivity contribution is 7.10. The van der Waals surface area contributed by atoms with Gasteiger partial charge in [0.25, 0.3) is 0 Å². The van der Waals surface area contributed by atoms with Crippen molar-refractivity contribution in [2.75, 3.05) is 11.1 Å². The van der Waals surface area contributed by atoms with Crippen LogP contribution in [0.2, 0.25) is 0 Å². The van der Waals surface area contributed by atoms with Crippen molar-refractivity contribution >= 4 is 23.2 Å². The Morgan fingerprint density at radius 3 is 2.74 bits per heavy atom. The molecule has 0 radical (unpaired) electrons. The molecule has 2 heterocycles. The number of rotatable bonds is 5. The van der Waals surface area contributed by atoms with Crippen molar-refractivity contribution in [3.8, 4) is 0 Å². The van der Waals surface area contributed by atoms with Crippen molar-refractivity contribution in [2.24, 2.45) is 0 Å². The lowest BCUT2D eigenvalue weighted by atomic mass is 10.1. The smallest absolute Gasteiger partial charge is 0.227 e. The number of aromatic nitrogens is 3. The standard InChI is InChI=1S/C13H19N5S/c1-8-6-7-19-11(8)5-4-9(2)15-13-17-10(3)16-12(14)18-13/h6-7,9H,4-5H2,1-3H3,(H3,14,15,16,17,18). The van der Waals surface area contributed by atoms with Gasteiger partial charge in [0.15, 0.2) is 0 Å². The van der Waals surface area contributed by atoms with Gasteiger partial charge in [-0.15, -0.1) is 11.3 Å². The molecular weight excluding hydrogens is 258 g/mol. The van der Waals surface area contributed by atoms with Crippen LogP contribution in [0.5, 0.6) is 0 Å². The molecule has 0 saturated carbocycles. The van der Waals surface area contributed by atoms with Crippen LogP contribution in [0.1, 0.15) is 29.6 Å². The van der Waals surface area contributed by atoms with E-state index in [2.05, 4.69) is 45.6 Å². The van der Waals surface area contributed by atoms with Gasteiger partial charge in [0.1, 0.15) is 5.82 Å². The first-order chi connectivity index (χ1) is 9.04. The number of nitrogens with one attached hydrogen (secondary N) is 1. The Bertz CT molecular complexity index is 531. The van der Waals surface area contributed by atoms with Crippen molar-refractivity contribution < 1.29 is 0 Å². The van der Waals surface area contributed by atoms with Gasteiger partial charge >= 0.3 is 0 Å². The molecule has 0 aliphatic rings. The Hall–Kier alpha value is -1.69. The summed E-state index contributed by atoms with van der Waals surface area (Å²) < 4.78 is 0. The summed E-state index contributed by atoms with van der Waals surface area (Å²) >= 11 is 1.81. The van der Waals surface area contributed by atoms with Crippen LogP contribution in [0.25, 0.3) is 0 Å². The Kier molecular flexibility index (Phi) is 4.31. The summed E-state index contributed by atoms with van der Waals surface area (Å²) in [5.74, 6) is 1.45. The first kappa shape index (κ1) is 13.7. The number of nitrogens with two attached hydrogens (primary N) is 1. The van der Waals surface area contributed by atoms with Crippen molar-refractivity contribution in [1.29, 1.82) is 0 Å². The third-order valence-electron chi connectivity index (χ3n) is 2.91. The molecule has 2 aromatic rings. The van der Waals surface area contributed by atoms with Gasteiger partial charge in [0.05, 0.1) is 0 Å². The molecule has 102 valence electrons. The van der Waals surface area contributed by atoms with Crippen LogP contribution in [-0.2, 0) is 6.42 Å². The maximum atomic E-state index is 5.61. The van der Waals surface area contributed by atoms with Crippen molar-refractivity contribution in [3.63, 3.8) is 0 Å². The highest BCUT2D eigenvalue weighted by Crippen LogP contribution is 2.18. The van der Waals surface area contributed by atoms with E-state index in [-0.39, 0.29) is 5.95 Å². The first-order valence-corrected chi connectivity index (χ1v) is 7.20. The van der Waals surface area contributed by atoms with Gasteiger partial charge in [-0.1, -0.05) is 0 Å². The molecule has 0 bridgehead atoms. The van der Waals surface area contributed by atoms with Gasteiger partial charge in [-0.2, -0.15) is 15.0 Å². The minimum atomic E-state index is 0.260. The molecule has 0 amide bonds. The zero-order valence-electron chi connectivity index (χ0n) is 11.5. The Labute approximate surface area is 117 Å². The zero-order valence-corrected chi connectivity index (χ0v) is 12.3. The van der Waals surface area contributed by atoms with Crippen LogP contribution in [0, 0.1) is 13.8 Å². The summed E-state index contributed by atoms with van der Waals surface area (Å²) in [4.78, 5) is 13.7. The largest absolute Gasteiger partial charge is 0.368 e. The van der Waals surface area contributed by atoms with E-state index < -0.39 is 0 Å². The fourth-order valence-corrected chi connectivity index (χ4v) is 2.79. The highest BCUT2D eigenvalue weighted by Gasteiger charge is 2.08. The van der Waals surface area contributed by atoms with E-state index in [9.17, 15) is 0 Å². The summed E-state index contributed by atoms with van der Waals surface area (Å²) in [7, 11) is 0. The van der Waals surface area contributed by atoms with Crippen LogP contribution < -0.4 is 11.1 Å². The SMILES string of the molecule is Cc1nc(N)nc(NC(C)CCc2sccc2C)n1. The van der Waals surface area contributed by atoms with E-state index in [4.69, 9.17) is 5.73 Å². The second kappa shape index (κ2) is 5.97. The molecule has 0 spiro atoms. The van der Waals surface area contributed by atoms with Crippen molar-refractivity contribution in [3.05, 3.63) is 27.7 Å². The topological polar surface area (TPSA) is 76.7 Å². The van der Waals surface area contributed by atoms with Crippen LogP contribution in [0.4, 0.5) is 11.9 Å². The monoisotopic (exact) mass is 277 g/mol. The van der Waals surface area contributed by atoms with Crippen LogP contribution >= 0.6 is 11.3 Å². The number of nitrogens with zero attached hydrogens (tertiary/aromatic N) is 3. The van der Waals surface area contributed by atoms with Crippen LogP contribution in [0.15, 0.2) is 11.4 Å². The molecule has 6 heteroatoms. The second-order valence-electron chi connectivity index (χ2n) is 4.68. The molecule has 0 aliphatic heterocycles. The molecular formula is C13H19N5S. The molecule has 0 saturated heterocycles. The zero-order chi connectivity index (χ0) is 13.8. The first-order valence-electron chi connectivity index (χ1n) is 6.32. The summed E-state index contributed by atoms with van der Waals surface area (Å²) in [5, 5.41) is 5.41. The van der Waals surface area contributed by atoms with Crippen molar-refractivity contribution in [2.45, 2.75) is 39.7 Å². The Morgan fingerprint density at radius 1 is 1.32 bits per heavy atom. The summed E-state index contributed by atoms with van der Waals surface area (Å²) in [6.45, 7) is 6.08. The van der Waals surface area contributed by atoms with E-state index in [0.717, 1.165) is 12.8 Å². The van der Waals surface area contributed by atoms with E-state index in [0.29, 0.717) is 17.8 Å². The molecule has 3 N–H and O–H groups in total. The molecule has 5 nitrogen and oxygen atoms in total. The fraction of sp³-hybridized carbons (Fsp3) is 0.462. The minimum Gasteiger partial charge on any atom is -0.368 e. The molecule has 2 aromatic heterocycles. The number of hydrogen-bond acceptors (Lipinski definition) is 6. The average Bonchev–Trinajstić information content (AvgIpc) is 2.71. The lowest BCUT2D eigenvalue weighted by Gasteiger charge is -2.13. The predicted octanol–water partition coefficient (Wildman–Crippen LogP) is 2.57. The molecule has 19 heavy (non-hydrogen) atoms. The molecule has 1 unspecified atom stereocenters. The fourth-order valence-electron chi connectivity index (χ4n) is 1.87. The van der Waals surface area contributed by atoms with E-state index in [1.807, 2.05) is 18.3 Å². The summed E-state index contributed by atoms with van der Waals surface area (Å²) in [6.07, 6.45) is 2.10. The van der Waals surface area contributed by atoms with E-state index in [1.165, 1.54) is 10.4 Å². The average molecular weight is 277 g/mol. The Morgan fingerprint density at radius 2 is 2.11 bits per heavy atom. The number of hydrogen-bond donors (Lipinski definition) is 2. The normalized spacial score (nSPS) is 12.4. The highest BCUT2D eigenvalue weighted by atomic mass is 32.1. The summed E-state index contributed by atoms with van der Waals surface area (Å²) in [6, 6.07) is 2.46. The van der Waals surface area contributed by atoms with E-state index in [1.54, 1.807) is 0 Å². The quantitative estimate of drug-likeness (QED) is 0.878. The number of aryl methyl sites for hydroxylation is 3. The Balaban J connectivity index is 1.90. The van der Waals surface area contributed by atoms with Crippen LogP contribution in [0.3, 0.4) is 0 Å². The van der Waals surface area contributed by atoms with Gasteiger partial charge in [0.2, 0.25) is 11.9 Å². The third-order valence-corrected chi connectivity index (χ3v) is 4.00. The lowest BCUT2D eigenvalue weighted by molar-refractivity contribution is 0.700. The molecule has 0 fully saturated rings. The van der Waals surface area contributed by atoms with Gasteiger partial charge < -0.3 is 11.1 Å². The van der Waals surface area contributed by atoms with Crippen LogP contribution in [-0.4, -0.2) is 21.0 Å². The van der Waals surface area contributed by atoms with E-state index >= 15 is 0 Å². The number of anilines is 2.